The fourth-order valence-electron chi connectivity index (χ4n) is 3.47. The molecule has 0 saturated carbocycles. The number of piperidine rings is 1. The number of nitrogens with zero attached hydrogens (tertiary/aromatic N) is 2. The predicted molar refractivity (Wildman–Crippen MR) is 93.9 cm³/mol. The minimum atomic E-state index is -0.843. The maximum Gasteiger partial charge on any atom is 0.223 e. The van der Waals surface area contributed by atoms with E-state index in [1.165, 1.54) is 0 Å². The lowest BCUT2D eigenvalue weighted by atomic mass is 9.94. The zero-order chi connectivity index (χ0) is 17.5. The Morgan fingerprint density at radius 3 is 3.04 bits per heavy atom. The standard InChI is InChI=1S/C18H28N4O3/c23-17(21-11-16-3-1-2-6-20-16)15-4-8-22(9-5-15)13-18(24)12-19-7-10-25-14-18/h1-3,6,15,19,24H,4-5,7-14H2,(H,21,23)/t18-/m1/s1. The Labute approximate surface area is 148 Å². The van der Waals surface area contributed by atoms with Gasteiger partial charge in [-0.15, -0.1) is 0 Å². The fraction of sp³-hybridized carbons (Fsp3) is 0.667. The zero-order valence-corrected chi connectivity index (χ0v) is 14.6. The van der Waals surface area contributed by atoms with Gasteiger partial charge in [0.05, 0.1) is 25.5 Å². The van der Waals surface area contributed by atoms with E-state index in [0.29, 0.717) is 32.8 Å². The molecule has 1 aromatic rings. The highest BCUT2D eigenvalue weighted by Crippen LogP contribution is 2.20. The number of aromatic nitrogens is 1. The number of β-amino-alcohol motifs (C(OH)–C–C–N with tert-alkyl or cyclic N) is 1. The smallest absolute Gasteiger partial charge is 0.223 e. The number of ether oxygens (including phenoxy) is 1. The third-order valence-electron chi connectivity index (χ3n) is 4.89. The molecule has 3 N–H and O–H groups in total. The zero-order valence-electron chi connectivity index (χ0n) is 14.6. The van der Waals surface area contributed by atoms with Gasteiger partial charge in [-0.3, -0.25) is 9.78 Å². The molecule has 0 bridgehead atoms. The summed E-state index contributed by atoms with van der Waals surface area (Å²) in [6.07, 6.45) is 3.37. The summed E-state index contributed by atoms with van der Waals surface area (Å²) in [7, 11) is 0. The van der Waals surface area contributed by atoms with E-state index in [1.54, 1.807) is 6.20 Å². The van der Waals surface area contributed by atoms with Gasteiger partial charge in [-0.05, 0) is 38.1 Å². The normalized spacial score (nSPS) is 26.1. The van der Waals surface area contributed by atoms with Crippen LogP contribution in [-0.2, 0) is 16.1 Å². The number of carbonyl (C=O) groups is 1. The van der Waals surface area contributed by atoms with Crippen LogP contribution < -0.4 is 10.6 Å². The first-order chi connectivity index (χ1) is 12.1. The van der Waals surface area contributed by atoms with E-state index in [2.05, 4.69) is 20.5 Å². The van der Waals surface area contributed by atoms with Gasteiger partial charge in [-0.25, -0.2) is 0 Å². The van der Waals surface area contributed by atoms with Crippen LogP contribution in [0.1, 0.15) is 18.5 Å². The fourth-order valence-corrected chi connectivity index (χ4v) is 3.47. The number of pyridine rings is 1. The Morgan fingerprint density at radius 2 is 2.28 bits per heavy atom. The van der Waals surface area contributed by atoms with E-state index in [0.717, 1.165) is 38.2 Å². The molecule has 2 fully saturated rings. The Kier molecular flexibility index (Phi) is 6.36. The molecule has 1 atom stereocenters. The van der Waals surface area contributed by atoms with Crippen LogP contribution in [-0.4, -0.2) is 72.4 Å². The van der Waals surface area contributed by atoms with Crippen molar-refractivity contribution in [2.24, 2.45) is 5.92 Å². The molecule has 0 aliphatic carbocycles. The summed E-state index contributed by atoms with van der Waals surface area (Å²) >= 11 is 0. The first-order valence-electron chi connectivity index (χ1n) is 9.05. The molecule has 2 saturated heterocycles. The third-order valence-corrected chi connectivity index (χ3v) is 4.89. The van der Waals surface area contributed by atoms with Crippen LogP contribution in [0.25, 0.3) is 0 Å². The Hall–Kier alpha value is -1.54. The average Bonchev–Trinajstić information content (AvgIpc) is 2.85. The SMILES string of the molecule is O=C(NCc1ccccn1)C1CCN(C[C@]2(O)CNCCOC2)CC1. The van der Waals surface area contributed by atoms with E-state index in [4.69, 9.17) is 4.74 Å². The van der Waals surface area contributed by atoms with Crippen molar-refractivity contribution in [2.45, 2.75) is 25.0 Å². The van der Waals surface area contributed by atoms with E-state index < -0.39 is 5.60 Å². The number of nitrogens with one attached hydrogen (secondary N) is 2. The van der Waals surface area contributed by atoms with Crippen molar-refractivity contribution in [1.29, 1.82) is 0 Å². The van der Waals surface area contributed by atoms with Crippen LogP contribution in [0.5, 0.6) is 0 Å². The molecule has 0 aromatic carbocycles. The molecule has 138 valence electrons. The minimum absolute atomic E-state index is 0.0399. The second-order valence-corrected chi connectivity index (χ2v) is 7.04. The summed E-state index contributed by atoms with van der Waals surface area (Å²) in [4.78, 5) is 18.8. The second kappa shape index (κ2) is 8.71. The topological polar surface area (TPSA) is 86.7 Å². The van der Waals surface area contributed by atoms with Crippen LogP contribution >= 0.6 is 0 Å². The van der Waals surface area contributed by atoms with Gasteiger partial charge in [0, 0.05) is 31.7 Å². The van der Waals surface area contributed by atoms with Crippen molar-refractivity contribution in [1.82, 2.24) is 20.5 Å². The largest absolute Gasteiger partial charge is 0.385 e. The lowest BCUT2D eigenvalue weighted by molar-refractivity contribution is -0.127. The van der Waals surface area contributed by atoms with Crippen LogP contribution in [0.3, 0.4) is 0 Å². The van der Waals surface area contributed by atoms with Gasteiger partial charge in [-0.2, -0.15) is 0 Å². The summed E-state index contributed by atoms with van der Waals surface area (Å²) in [6, 6.07) is 5.69. The Bertz CT molecular complexity index is 539. The van der Waals surface area contributed by atoms with Crippen molar-refractivity contribution in [3.63, 3.8) is 0 Å². The number of rotatable bonds is 5. The minimum Gasteiger partial charge on any atom is -0.385 e. The van der Waals surface area contributed by atoms with Crippen LogP contribution in [0.4, 0.5) is 0 Å². The molecule has 0 radical (unpaired) electrons. The number of amides is 1. The van der Waals surface area contributed by atoms with Gasteiger partial charge in [0.15, 0.2) is 0 Å². The molecule has 1 amide bonds. The number of likely N-dealkylation sites (tertiary alicyclic amines) is 1. The highest BCUT2D eigenvalue weighted by atomic mass is 16.5. The highest BCUT2D eigenvalue weighted by molar-refractivity contribution is 5.78. The average molecular weight is 348 g/mol. The van der Waals surface area contributed by atoms with Crippen molar-refractivity contribution < 1.29 is 14.6 Å². The number of carbonyl (C=O) groups excluding carboxylic acids is 1. The molecule has 0 spiro atoms. The summed E-state index contributed by atoms with van der Waals surface area (Å²) in [5.74, 6) is 0.140. The quantitative estimate of drug-likeness (QED) is 0.681. The lowest BCUT2D eigenvalue weighted by Gasteiger charge is -2.37. The van der Waals surface area contributed by atoms with E-state index in [-0.39, 0.29) is 11.8 Å². The monoisotopic (exact) mass is 348 g/mol. The van der Waals surface area contributed by atoms with Gasteiger partial charge >= 0.3 is 0 Å². The van der Waals surface area contributed by atoms with E-state index in [1.807, 2.05) is 18.2 Å². The molecule has 2 aliphatic rings. The predicted octanol–water partition coefficient (Wildman–Crippen LogP) is -0.239. The summed E-state index contributed by atoms with van der Waals surface area (Å²) < 4.78 is 5.48. The number of hydrogen-bond donors (Lipinski definition) is 3. The Morgan fingerprint density at radius 1 is 1.44 bits per heavy atom. The molecule has 25 heavy (non-hydrogen) atoms. The molecule has 2 aliphatic heterocycles. The van der Waals surface area contributed by atoms with Gasteiger partial charge in [0.2, 0.25) is 5.91 Å². The molecular formula is C18H28N4O3. The van der Waals surface area contributed by atoms with Crippen molar-refractivity contribution in [2.75, 3.05) is 45.9 Å². The summed E-state index contributed by atoms with van der Waals surface area (Å²) in [5.41, 5.74) is 0.0290. The number of hydrogen-bond acceptors (Lipinski definition) is 6. The molecule has 3 rings (SSSR count). The summed E-state index contributed by atoms with van der Waals surface area (Å²) in [5, 5.41) is 16.9. The van der Waals surface area contributed by atoms with Gasteiger partial charge in [0.1, 0.15) is 5.60 Å². The molecule has 1 aromatic heterocycles. The maximum atomic E-state index is 12.3. The van der Waals surface area contributed by atoms with Crippen LogP contribution in [0.15, 0.2) is 24.4 Å². The Balaban J connectivity index is 1.41. The molecule has 0 unspecified atom stereocenters. The van der Waals surface area contributed by atoms with E-state index >= 15 is 0 Å². The first kappa shape index (κ1) is 18.3. The highest BCUT2D eigenvalue weighted by Gasteiger charge is 2.33. The second-order valence-electron chi connectivity index (χ2n) is 7.04. The lowest BCUT2D eigenvalue weighted by Crippen LogP contribution is -2.53. The molecule has 7 heteroatoms. The van der Waals surface area contributed by atoms with Crippen molar-refractivity contribution in [3.05, 3.63) is 30.1 Å². The van der Waals surface area contributed by atoms with Crippen LogP contribution in [0.2, 0.25) is 0 Å². The van der Waals surface area contributed by atoms with Crippen LogP contribution in [0, 0.1) is 5.92 Å². The van der Waals surface area contributed by atoms with Gasteiger partial charge in [0.25, 0.3) is 0 Å². The molecule has 3 heterocycles. The van der Waals surface area contributed by atoms with Crippen molar-refractivity contribution >= 4 is 5.91 Å². The molecule has 7 nitrogen and oxygen atoms in total. The first-order valence-corrected chi connectivity index (χ1v) is 9.05. The summed E-state index contributed by atoms with van der Waals surface area (Å²) in [6.45, 7) is 5.04. The maximum absolute atomic E-state index is 12.3. The number of aliphatic hydroxyl groups is 1. The third kappa shape index (κ3) is 5.47. The van der Waals surface area contributed by atoms with Gasteiger partial charge < -0.3 is 25.4 Å². The van der Waals surface area contributed by atoms with Gasteiger partial charge in [-0.1, -0.05) is 6.07 Å². The molecular weight excluding hydrogens is 320 g/mol. The van der Waals surface area contributed by atoms with Crippen molar-refractivity contribution in [3.8, 4) is 0 Å². The van der Waals surface area contributed by atoms with E-state index in [9.17, 15) is 9.90 Å².